The fraction of sp³-hybridized carbons (Fsp3) is 0.929. The van der Waals surface area contributed by atoms with E-state index < -0.39 is 17.4 Å². The Morgan fingerprint density at radius 2 is 2.00 bits per heavy atom. The van der Waals surface area contributed by atoms with E-state index in [4.69, 9.17) is 15.2 Å². The molecule has 0 aromatic heterocycles. The number of nitrogens with two attached hydrogens (primary N) is 1. The highest BCUT2D eigenvalue weighted by molar-refractivity contribution is 5.68. The van der Waals surface area contributed by atoms with E-state index in [1.165, 1.54) is 0 Å². The quantitative estimate of drug-likeness (QED) is 0.820. The maximum atomic E-state index is 11.2. The Bertz CT molecular complexity index is 335. The number of carboxylic acids is 1. The number of carboxylic acid groups (broad SMARTS) is 1. The summed E-state index contributed by atoms with van der Waals surface area (Å²) in [7, 11) is 0. The fourth-order valence-electron chi connectivity index (χ4n) is 2.77. The van der Waals surface area contributed by atoms with Gasteiger partial charge in [0.25, 0.3) is 0 Å². The van der Waals surface area contributed by atoms with Gasteiger partial charge < -0.3 is 20.3 Å². The van der Waals surface area contributed by atoms with Gasteiger partial charge in [0.1, 0.15) is 0 Å². The van der Waals surface area contributed by atoms with E-state index in [9.17, 15) is 9.90 Å². The van der Waals surface area contributed by atoms with Crippen LogP contribution in [0.2, 0.25) is 0 Å². The minimum absolute atomic E-state index is 0.0235. The summed E-state index contributed by atoms with van der Waals surface area (Å²) >= 11 is 0. The van der Waals surface area contributed by atoms with Crippen LogP contribution in [0.25, 0.3) is 0 Å². The normalized spacial score (nSPS) is 31.2. The lowest BCUT2D eigenvalue weighted by Gasteiger charge is -2.54. The van der Waals surface area contributed by atoms with Gasteiger partial charge in [-0.3, -0.25) is 4.79 Å². The van der Waals surface area contributed by atoms with Gasteiger partial charge in [-0.2, -0.15) is 0 Å². The van der Waals surface area contributed by atoms with Gasteiger partial charge in [0, 0.05) is 6.42 Å². The Balaban J connectivity index is 3.10. The summed E-state index contributed by atoms with van der Waals surface area (Å²) in [6.45, 7) is 10.2. The van der Waals surface area contributed by atoms with Gasteiger partial charge in [-0.1, -0.05) is 20.8 Å². The predicted molar refractivity (Wildman–Crippen MR) is 72.8 cm³/mol. The Hall–Kier alpha value is -0.650. The smallest absolute Gasteiger partial charge is 0.306 e. The van der Waals surface area contributed by atoms with E-state index in [0.29, 0.717) is 19.4 Å². The summed E-state index contributed by atoms with van der Waals surface area (Å²) in [5, 5.41) is 9.24. The van der Waals surface area contributed by atoms with Crippen molar-refractivity contribution in [3.63, 3.8) is 0 Å². The molecule has 0 bridgehead atoms. The minimum Gasteiger partial charge on any atom is -0.481 e. The van der Waals surface area contributed by atoms with Gasteiger partial charge in [-0.05, 0) is 32.2 Å². The first kappa shape index (κ1) is 16.4. The van der Waals surface area contributed by atoms with Crippen molar-refractivity contribution in [1.82, 2.24) is 0 Å². The molecule has 5 nitrogen and oxygen atoms in total. The van der Waals surface area contributed by atoms with E-state index in [0.717, 1.165) is 0 Å². The van der Waals surface area contributed by atoms with Crippen LogP contribution in [0.5, 0.6) is 0 Å². The molecule has 112 valence electrons. The lowest BCUT2D eigenvalue weighted by Crippen LogP contribution is -2.59. The van der Waals surface area contributed by atoms with Crippen LogP contribution in [0, 0.1) is 5.41 Å². The summed E-state index contributed by atoms with van der Waals surface area (Å²) in [6, 6.07) is 0. The molecule has 0 saturated carbocycles. The largest absolute Gasteiger partial charge is 0.481 e. The van der Waals surface area contributed by atoms with Crippen LogP contribution in [0.4, 0.5) is 0 Å². The molecule has 1 aliphatic rings. The van der Waals surface area contributed by atoms with E-state index in [1.54, 1.807) is 0 Å². The van der Waals surface area contributed by atoms with Crippen molar-refractivity contribution >= 4 is 5.97 Å². The number of hydrogen-bond acceptors (Lipinski definition) is 4. The first-order valence-corrected chi connectivity index (χ1v) is 6.81. The lowest BCUT2D eigenvalue weighted by molar-refractivity contribution is -0.355. The molecule has 5 heteroatoms. The van der Waals surface area contributed by atoms with Crippen LogP contribution in [0.3, 0.4) is 0 Å². The molecule has 0 amide bonds. The Morgan fingerprint density at radius 1 is 1.42 bits per heavy atom. The zero-order chi connectivity index (χ0) is 14.9. The molecular weight excluding hydrogens is 246 g/mol. The zero-order valence-electron chi connectivity index (χ0n) is 12.7. The molecule has 1 saturated heterocycles. The van der Waals surface area contributed by atoms with Crippen molar-refractivity contribution < 1.29 is 19.4 Å². The van der Waals surface area contributed by atoms with Gasteiger partial charge in [-0.25, -0.2) is 0 Å². The van der Waals surface area contributed by atoms with Crippen molar-refractivity contribution in [2.24, 2.45) is 11.1 Å². The third kappa shape index (κ3) is 3.91. The van der Waals surface area contributed by atoms with Crippen molar-refractivity contribution in [3.05, 3.63) is 0 Å². The summed E-state index contributed by atoms with van der Waals surface area (Å²) in [4.78, 5) is 11.2. The highest BCUT2D eigenvalue weighted by atomic mass is 16.7. The number of carbonyl (C=O) groups is 1. The molecule has 0 aromatic rings. The van der Waals surface area contributed by atoms with E-state index >= 15 is 0 Å². The van der Waals surface area contributed by atoms with Crippen LogP contribution in [-0.4, -0.2) is 35.1 Å². The highest BCUT2D eigenvalue weighted by Crippen LogP contribution is 2.47. The molecule has 0 aliphatic carbocycles. The summed E-state index contributed by atoms with van der Waals surface area (Å²) in [6.07, 6.45) is 1.19. The van der Waals surface area contributed by atoms with Crippen LogP contribution < -0.4 is 5.73 Å². The van der Waals surface area contributed by atoms with E-state index in [1.807, 2.05) is 34.6 Å². The summed E-state index contributed by atoms with van der Waals surface area (Å²) < 4.78 is 11.9. The van der Waals surface area contributed by atoms with Gasteiger partial charge >= 0.3 is 5.97 Å². The minimum atomic E-state index is -0.848. The lowest BCUT2D eigenvalue weighted by atomic mass is 9.70. The van der Waals surface area contributed by atoms with Gasteiger partial charge in [-0.15, -0.1) is 0 Å². The average molecular weight is 273 g/mol. The Kier molecular flexibility index (Phi) is 4.65. The maximum Gasteiger partial charge on any atom is 0.306 e. The molecule has 1 rings (SSSR count). The first-order valence-electron chi connectivity index (χ1n) is 6.81. The second-order valence-electron chi connectivity index (χ2n) is 6.84. The summed E-state index contributed by atoms with van der Waals surface area (Å²) in [5.74, 6) is -1.64. The van der Waals surface area contributed by atoms with Gasteiger partial charge in [0.15, 0.2) is 5.79 Å². The molecule has 1 fully saturated rings. The zero-order valence-corrected chi connectivity index (χ0v) is 12.7. The van der Waals surface area contributed by atoms with Crippen molar-refractivity contribution in [3.8, 4) is 0 Å². The third-order valence-electron chi connectivity index (χ3n) is 3.74. The summed E-state index contributed by atoms with van der Waals surface area (Å²) in [5.41, 5.74) is 4.58. The number of aliphatic carboxylic acids is 1. The molecule has 1 aliphatic heterocycles. The SMILES string of the molecule is CC1(C)OC(CCN)CC(CC(=O)O)(C(C)(C)C)O1. The van der Waals surface area contributed by atoms with Crippen LogP contribution in [-0.2, 0) is 14.3 Å². The molecule has 2 unspecified atom stereocenters. The molecule has 1 heterocycles. The maximum absolute atomic E-state index is 11.2. The van der Waals surface area contributed by atoms with E-state index in [2.05, 4.69) is 0 Å². The highest BCUT2D eigenvalue weighted by Gasteiger charge is 2.53. The fourth-order valence-corrected chi connectivity index (χ4v) is 2.77. The second-order valence-corrected chi connectivity index (χ2v) is 6.84. The first-order chi connectivity index (χ1) is 8.51. The molecule has 0 spiro atoms. The Morgan fingerprint density at radius 3 is 2.42 bits per heavy atom. The van der Waals surface area contributed by atoms with Gasteiger partial charge in [0.05, 0.1) is 18.1 Å². The second kappa shape index (κ2) is 5.38. The predicted octanol–water partition coefficient (Wildman–Crippen LogP) is 2.14. The van der Waals surface area contributed by atoms with Crippen LogP contribution in [0.15, 0.2) is 0 Å². The number of hydrogen-bond donors (Lipinski definition) is 2. The monoisotopic (exact) mass is 273 g/mol. The average Bonchev–Trinajstić information content (AvgIpc) is 2.11. The molecule has 0 radical (unpaired) electrons. The van der Waals surface area contributed by atoms with Crippen LogP contribution >= 0.6 is 0 Å². The third-order valence-corrected chi connectivity index (χ3v) is 3.74. The number of ether oxygens (including phenoxy) is 2. The topological polar surface area (TPSA) is 81.8 Å². The number of rotatable bonds is 4. The standard InChI is InChI=1S/C14H27NO4/c1-12(2,3)14(9-11(16)17)8-10(6-7-15)18-13(4,5)19-14/h10H,6-9,15H2,1-5H3,(H,16,17). The molecule has 3 N–H and O–H groups in total. The van der Waals surface area contributed by atoms with Crippen molar-refractivity contribution in [2.45, 2.75) is 71.4 Å². The van der Waals surface area contributed by atoms with Gasteiger partial charge in [0.2, 0.25) is 0 Å². The molecule has 2 atom stereocenters. The molecule has 19 heavy (non-hydrogen) atoms. The Labute approximate surface area is 115 Å². The molecular formula is C14H27NO4. The van der Waals surface area contributed by atoms with Crippen LogP contribution in [0.1, 0.15) is 53.9 Å². The van der Waals surface area contributed by atoms with Crippen molar-refractivity contribution in [1.29, 1.82) is 0 Å². The molecule has 0 aromatic carbocycles. The van der Waals surface area contributed by atoms with Crippen molar-refractivity contribution in [2.75, 3.05) is 6.54 Å². The van der Waals surface area contributed by atoms with E-state index in [-0.39, 0.29) is 17.9 Å².